The molecule has 0 atom stereocenters. The van der Waals surface area contributed by atoms with Gasteiger partial charge in [0.1, 0.15) is 0 Å². The summed E-state index contributed by atoms with van der Waals surface area (Å²) >= 11 is 0. The van der Waals surface area contributed by atoms with Crippen molar-refractivity contribution in [3.63, 3.8) is 0 Å². The Morgan fingerprint density at radius 2 is 1.69 bits per heavy atom. The molecule has 1 aliphatic rings. The van der Waals surface area contributed by atoms with Crippen LogP contribution in [-0.2, 0) is 4.79 Å². The zero-order valence-electron chi connectivity index (χ0n) is 6.69. The Morgan fingerprint density at radius 1 is 1.23 bits per heavy atom. The van der Waals surface area contributed by atoms with Crippen molar-refractivity contribution in [1.29, 1.82) is 0 Å². The van der Waals surface area contributed by atoms with Crippen molar-refractivity contribution < 1.29 is 19.7 Å². The molecule has 0 saturated carbocycles. The number of rotatable bonds is 1. The number of nitrogens with two attached hydrogens (primary N) is 1. The van der Waals surface area contributed by atoms with E-state index in [1.807, 2.05) is 0 Å². The third kappa shape index (κ3) is 1.54. The van der Waals surface area contributed by atoms with E-state index in [0.717, 1.165) is 0 Å². The first kappa shape index (κ1) is 9.34. The Morgan fingerprint density at radius 3 is 2.08 bits per heavy atom. The molecule has 0 radical (unpaired) electrons. The number of hydrogen-bond acceptors (Lipinski definition) is 3. The largest absolute Gasteiger partial charge is 0.442 e. The van der Waals surface area contributed by atoms with Crippen molar-refractivity contribution in [2.24, 2.45) is 5.73 Å². The van der Waals surface area contributed by atoms with Gasteiger partial charge in [0.05, 0.1) is 0 Å². The third-order valence-electron chi connectivity index (χ3n) is 1.55. The molecule has 1 aromatic carbocycles. The lowest BCUT2D eigenvalue weighted by molar-refractivity contribution is -0.133. The second-order valence-electron chi connectivity index (χ2n) is 2.42. The predicted octanol–water partition coefficient (Wildman–Crippen LogP) is -0.556. The maximum atomic E-state index is 10.6. The van der Waals surface area contributed by atoms with Gasteiger partial charge in [-0.3, -0.25) is 4.79 Å². The molecule has 0 spiro atoms. The summed E-state index contributed by atoms with van der Waals surface area (Å²) in [5.74, 6) is 0.494. The predicted molar refractivity (Wildman–Crippen MR) is 44.3 cm³/mol. The molecular weight excluding hydrogens is 174 g/mol. The van der Waals surface area contributed by atoms with Gasteiger partial charge in [0.25, 0.3) is 5.91 Å². The van der Waals surface area contributed by atoms with Crippen LogP contribution in [0.3, 0.4) is 0 Å². The lowest BCUT2D eigenvalue weighted by Crippen LogP contribution is -2.35. The Labute approximate surface area is 74.4 Å². The van der Waals surface area contributed by atoms with Crippen LogP contribution in [0, 0.1) is 0 Å². The van der Waals surface area contributed by atoms with Gasteiger partial charge in [-0.2, -0.15) is 0 Å². The van der Waals surface area contributed by atoms with Crippen molar-refractivity contribution in [2.75, 3.05) is 0 Å². The Kier molecular flexibility index (Phi) is 2.39. The molecule has 1 aromatic rings. The molecule has 4 N–H and O–H groups in total. The summed E-state index contributed by atoms with van der Waals surface area (Å²) in [6.07, 6.45) is -0.970. The maximum Gasteiger partial charge on any atom is 0.321 e. The van der Waals surface area contributed by atoms with Gasteiger partial charge in [-0.25, -0.2) is 0 Å². The molecule has 1 aliphatic heterocycles. The molecule has 0 aromatic heterocycles. The molecule has 1 heterocycles. The fraction of sp³-hybridized carbons (Fsp3) is 0.125. The van der Waals surface area contributed by atoms with Gasteiger partial charge in [-0.05, 0) is 12.1 Å². The van der Waals surface area contributed by atoms with Crippen LogP contribution in [0.1, 0.15) is 0 Å². The van der Waals surface area contributed by atoms with E-state index in [-0.39, 0.29) is 5.48 Å². The summed E-state index contributed by atoms with van der Waals surface area (Å²) in [4.78, 5) is 10.6. The van der Waals surface area contributed by atoms with Crippen LogP contribution in [0.2, 0.25) is 0 Å². The number of carbonyl (C=O) groups excluding carboxylic acids is 1. The van der Waals surface area contributed by atoms with Crippen LogP contribution < -0.4 is 15.2 Å². The highest BCUT2D eigenvalue weighted by Crippen LogP contribution is 2.33. The molecule has 70 valence electrons. The van der Waals surface area contributed by atoms with E-state index >= 15 is 0 Å². The third-order valence-corrected chi connectivity index (χ3v) is 1.55. The van der Waals surface area contributed by atoms with Gasteiger partial charge >= 0.3 is 6.29 Å². The van der Waals surface area contributed by atoms with Crippen molar-refractivity contribution in [1.82, 2.24) is 0 Å². The fourth-order valence-electron chi connectivity index (χ4n) is 1.02. The average molecular weight is 183 g/mol. The number of ether oxygens (including phenoxy) is 2. The number of hydrogen-bond donors (Lipinski definition) is 1. The van der Waals surface area contributed by atoms with Gasteiger partial charge in [-0.1, -0.05) is 12.1 Å². The lowest BCUT2D eigenvalue weighted by Gasteiger charge is -2.03. The summed E-state index contributed by atoms with van der Waals surface area (Å²) < 4.78 is 10.1. The van der Waals surface area contributed by atoms with Crippen LogP contribution in [0.25, 0.3) is 0 Å². The molecule has 5 nitrogen and oxygen atoms in total. The molecule has 0 saturated heterocycles. The molecule has 2 rings (SSSR count). The zero-order valence-corrected chi connectivity index (χ0v) is 6.69. The zero-order chi connectivity index (χ0) is 8.55. The summed E-state index contributed by atoms with van der Waals surface area (Å²) in [7, 11) is 0. The Balaban J connectivity index is 0.000000845. The minimum Gasteiger partial charge on any atom is -0.442 e. The topological polar surface area (TPSA) is 93.1 Å². The number of carbonyl (C=O) groups is 1. The monoisotopic (exact) mass is 183 g/mol. The molecule has 1 amide bonds. The highest BCUT2D eigenvalue weighted by molar-refractivity contribution is 5.79. The number of amides is 1. The van der Waals surface area contributed by atoms with E-state index in [0.29, 0.717) is 11.5 Å². The van der Waals surface area contributed by atoms with Crippen LogP contribution >= 0.6 is 0 Å². The first-order valence-electron chi connectivity index (χ1n) is 3.49. The van der Waals surface area contributed by atoms with Crippen molar-refractivity contribution in [3.05, 3.63) is 24.3 Å². The molecular formula is C8H9NO4. The van der Waals surface area contributed by atoms with Crippen LogP contribution in [0.15, 0.2) is 24.3 Å². The number of primary amides is 1. The summed E-state index contributed by atoms with van der Waals surface area (Å²) in [5.41, 5.74) is 4.99. The molecule has 0 unspecified atom stereocenters. The van der Waals surface area contributed by atoms with Crippen molar-refractivity contribution in [3.8, 4) is 11.5 Å². The van der Waals surface area contributed by atoms with Crippen LogP contribution in [0.5, 0.6) is 11.5 Å². The summed E-state index contributed by atoms with van der Waals surface area (Å²) in [5, 5.41) is 0. The molecule has 0 fully saturated rings. The average Bonchev–Trinajstić information content (AvgIpc) is 2.46. The minimum atomic E-state index is -0.970. The summed E-state index contributed by atoms with van der Waals surface area (Å²) in [6.45, 7) is 0. The second kappa shape index (κ2) is 3.32. The van der Waals surface area contributed by atoms with E-state index in [2.05, 4.69) is 0 Å². The Bertz CT molecular complexity index is 301. The van der Waals surface area contributed by atoms with Crippen molar-refractivity contribution >= 4 is 5.91 Å². The SMILES string of the molecule is NC(=O)C1Oc2ccccc2O1.O. The van der Waals surface area contributed by atoms with Gasteiger partial charge < -0.3 is 20.7 Å². The Hall–Kier alpha value is -1.75. The minimum absolute atomic E-state index is 0. The number of fused-ring (bicyclic) bond motifs is 1. The fourth-order valence-corrected chi connectivity index (χ4v) is 1.02. The van der Waals surface area contributed by atoms with Gasteiger partial charge in [0.2, 0.25) is 0 Å². The molecule has 0 aliphatic carbocycles. The van der Waals surface area contributed by atoms with Gasteiger partial charge in [0.15, 0.2) is 11.5 Å². The highest BCUT2D eigenvalue weighted by atomic mass is 16.7. The number of para-hydroxylation sites is 2. The summed E-state index contributed by atoms with van der Waals surface area (Å²) in [6, 6.07) is 7.04. The molecule has 0 bridgehead atoms. The maximum absolute atomic E-state index is 10.6. The normalized spacial score (nSPS) is 13.5. The first-order valence-corrected chi connectivity index (χ1v) is 3.49. The molecule has 5 heteroatoms. The van der Waals surface area contributed by atoms with Crippen LogP contribution in [0.4, 0.5) is 0 Å². The quantitative estimate of drug-likeness (QED) is 0.632. The standard InChI is InChI=1S/C8H7NO3.H2O/c9-7(10)8-11-5-3-1-2-4-6(5)12-8;/h1-4,8H,(H2,9,10);1H2. The first-order chi connectivity index (χ1) is 5.77. The highest BCUT2D eigenvalue weighted by Gasteiger charge is 2.27. The molecule has 13 heavy (non-hydrogen) atoms. The van der Waals surface area contributed by atoms with E-state index < -0.39 is 12.2 Å². The van der Waals surface area contributed by atoms with Crippen molar-refractivity contribution in [2.45, 2.75) is 6.29 Å². The van der Waals surface area contributed by atoms with E-state index in [9.17, 15) is 4.79 Å². The lowest BCUT2D eigenvalue weighted by atomic mass is 10.3. The van der Waals surface area contributed by atoms with Gasteiger partial charge in [-0.15, -0.1) is 0 Å². The smallest absolute Gasteiger partial charge is 0.321 e. The second-order valence-corrected chi connectivity index (χ2v) is 2.42. The van der Waals surface area contributed by atoms with E-state index in [1.165, 1.54) is 0 Å². The number of benzene rings is 1. The van der Waals surface area contributed by atoms with E-state index in [1.54, 1.807) is 24.3 Å². The van der Waals surface area contributed by atoms with E-state index in [4.69, 9.17) is 15.2 Å². The van der Waals surface area contributed by atoms with Crippen LogP contribution in [-0.4, -0.2) is 17.7 Å². The van der Waals surface area contributed by atoms with Gasteiger partial charge in [0, 0.05) is 0 Å².